The van der Waals surface area contributed by atoms with E-state index in [1.807, 2.05) is 11.8 Å². The molecule has 0 aromatic heterocycles. The van der Waals surface area contributed by atoms with Crippen LogP contribution in [0.2, 0.25) is 0 Å². The Balaban J connectivity index is 1.51. The number of urea groups is 1. The first-order chi connectivity index (χ1) is 14.2. The molecule has 1 aromatic carbocycles. The second-order valence-corrected chi connectivity index (χ2v) is 8.97. The number of likely N-dealkylation sites (tertiary alicyclic amines) is 1. The van der Waals surface area contributed by atoms with Crippen LogP contribution in [0.5, 0.6) is 0 Å². The summed E-state index contributed by atoms with van der Waals surface area (Å²) in [7, 11) is 1.77. The van der Waals surface area contributed by atoms with E-state index in [0.29, 0.717) is 18.7 Å². The topological polar surface area (TPSA) is 53.0 Å². The first kappa shape index (κ1) is 22.4. The number of hydrogen-bond acceptors (Lipinski definition) is 2. The zero-order chi connectivity index (χ0) is 21.9. The van der Waals surface area contributed by atoms with Crippen molar-refractivity contribution in [2.24, 2.45) is 10.9 Å². The van der Waals surface area contributed by atoms with Gasteiger partial charge in [-0.15, -0.1) is 0 Å². The highest BCUT2D eigenvalue weighted by Gasteiger charge is 2.33. The van der Waals surface area contributed by atoms with Crippen LogP contribution in [0.3, 0.4) is 0 Å². The molecule has 3 amide bonds. The Hall–Kier alpha value is -2.31. The Morgan fingerprint density at radius 1 is 1.10 bits per heavy atom. The van der Waals surface area contributed by atoms with Gasteiger partial charge in [-0.3, -0.25) is 4.79 Å². The van der Waals surface area contributed by atoms with E-state index in [4.69, 9.17) is 0 Å². The number of aliphatic imine (C=N–C) groups is 1. The summed E-state index contributed by atoms with van der Waals surface area (Å²) >= 11 is 0. The third-order valence-corrected chi connectivity index (χ3v) is 6.85. The molecule has 1 saturated carbocycles. The van der Waals surface area contributed by atoms with Crippen molar-refractivity contribution in [1.82, 2.24) is 9.80 Å². The molecule has 30 heavy (non-hydrogen) atoms. The van der Waals surface area contributed by atoms with Crippen LogP contribution in [0.1, 0.15) is 57.9 Å². The fourth-order valence-electron chi connectivity index (χ4n) is 4.60. The molecular formula is C23H31F2N3O2. The zero-order valence-corrected chi connectivity index (χ0v) is 18.0. The van der Waals surface area contributed by atoms with Gasteiger partial charge < -0.3 is 9.80 Å². The van der Waals surface area contributed by atoms with Gasteiger partial charge in [-0.2, -0.15) is 0 Å². The second kappa shape index (κ2) is 9.23. The highest BCUT2D eigenvalue weighted by molar-refractivity contribution is 5.84. The van der Waals surface area contributed by atoms with Crippen LogP contribution >= 0.6 is 0 Å². The fraction of sp³-hybridized carbons (Fsp3) is 0.609. The summed E-state index contributed by atoms with van der Waals surface area (Å²) < 4.78 is 27.2. The smallest absolute Gasteiger partial charge is 0.343 e. The molecule has 2 fully saturated rings. The lowest BCUT2D eigenvalue weighted by Crippen LogP contribution is -2.46. The van der Waals surface area contributed by atoms with E-state index in [-0.39, 0.29) is 29.3 Å². The van der Waals surface area contributed by atoms with Gasteiger partial charge in [0.15, 0.2) is 0 Å². The maximum absolute atomic E-state index is 13.6. The lowest BCUT2D eigenvalue weighted by molar-refractivity contribution is -0.130. The third-order valence-electron chi connectivity index (χ3n) is 6.85. The Labute approximate surface area is 177 Å². The molecule has 1 heterocycles. The lowest BCUT2D eigenvalue weighted by atomic mass is 9.68. The summed E-state index contributed by atoms with van der Waals surface area (Å²) in [5.41, 5.74) is 0.432. The Bertz CT molecular complexity index is 790. The van der Waals surface area contributed by atoms with Gasteiger partial charge in [-0.25, -0.2) is 18.6 Å². The van der Waals surface area contributed by atoms with Crippen molar-refractivity contribution in [2.45, 2.75) is 63.8 Å². The van der Waals surface area contributed by atoms with Crippen LogP contribution in [0.4, 0.5) is 13.6 Å². The maximum Gasteiger partial charge on any atom is 0.343 e. The zero-order valence-electron chi connectivity index (χ0n) is 18.0. The van der Waals surface area contributed by atoms with Gasteiger partial charge >= 0.3 is 6.03 Å². The van der Waals surface area contributed by atoms with Gasteiger partial charge in [0.25, 0.3) is 0 Å². The number of carbonyl (C=O) groups is 2. The van der Waals surface area contributed by atoms with Crippen molar-refractivity contribution >= 4 is 18.2 Å². The summed E-state index contributed by atoms with van der Waals surface area (Å²) in [6, 6.07) is 3.59. The first-order valence-corrected chi connectivity index (χ1v) is 10.7. The minimum absolute atomic E-state index is 0.0747. The molecule has 1 saturated heterocycles. The molecule has 0 atom stereocenters. The fourth-order valence-corrected chi connectivity index (χ4v) is 4.60. The summed E-state index contributed by atoms with van der Waals surface area (Å²) in [4.78, 5) is 31.6. The molecule has 7 heteroatoms. The third kappa shape index (κ3) is 5.24. The van der Waals surface area contributed by atoms with Gasteiger partial charge in [0, 0.05) is 45.4 Å². The number of halogens is 2. The highest BCUT2D eigenvalue weighted by Crippen LogP contribution is 2.41. The van der Waals surface area contributed by atoms with Crippen molar-refractivity contribution in [3.05, 3.63) is 35.4 Å². The Morgan fingerprint density at radius 3 is 2.20 bits per heavy atom. The van der Waals surface area contributed by atoms with Gasteiger partial charge in [-0.05, 0) is 67.6 Å². The number of nitrogens with zero attached hydrogens (tertiary/aromatic N) is 3. The lowest BCUT2D eigenvalue weighted by Gasteiger charge is -2.37. The highest BCUT2D eigenvalue weighted by atomic mass is 19.1. The molecule has 0 spiro atoms. The summed E-state index contributed by atoms with van der Waals surface area (Å²) in [6.07, 6.45) is 6.51. The van der Waals surface area contributed by atoms with Crippen molar-refractivity contribution in [2.75, 3.05) is 20.1 Å². The van der Waals surface area contributed by atoms with Crippen LogP contribution in [-0.4, -0.2) is 54.1 Å². The van der Waals surface area contributed by atoms with E-state index in [0.717, 1.165) is 44.6 Å². The summed E-state index contributed by atoms with van der Waals surface area (Å²) in [6.45, 7) is 4.95. The number of benzene rings is 1. The predicted octanol–water partition coefficient (Wildman–Crippen LogP) is 4.55. The first-order valence-electron chi connectivity index (χ1n) is 10.7. The average Bonchev–Trinajstić information content (AvgIpc) is 2.72. The SMILES string of the molecule is CC(=O)N1CCC(N(C)C(=O)/N=C\C2CCC(C)(c3cc(F)cc(F)c3)CC2)CC1. The van der Waals surface area contributed by atoms with Gasteiger partial charge in [0.05, 0.1) is 0 Å². The van der Waals surface area contributed by atoms with E-state index in [1.54, 1.807) is 25.1 Å². The van der Waals surface area contributed by atoms with Crippen molar-refractivity contribution in [3.63, 3.8) is 0 Å². The van der Waals surface area contributed by atoms with Gasteiger partial charge in [0.1, 0.15) is 11.6 Å². The average molecular weight is 420 g/mol. The molecule has 3 rings (SSSR count). The van der Waals surface area contributed by atoms with Crippen LogP contribution in [0.25, 0.3) is 0 Å². The number of hydrogen-bond donors (Lipinski definition) is 0. The van der Waals surface area contributed by atoms with Gasteiger partial charge in [-0.1, -0.05) is 6.92 Å². The molecule has 0 bridgehead atoms. The molecule has 5 nitrogen and oxygen atoms in total. The minimum atomic E-state index is -0.544. The van der Waals surface area contributed by atoms with E-state index in [9.17, 15) is 18.4 Å². The summed E-state index contributed by atoms with van der Waals surface area (Å²) in [5, 5.41) is 0. The molecule has 0 radical (unpaired) electrons. The predicted molar refractivity (Wildman–Crippen MR) is 113 cm³/mol. The van der Waals surface area contributed by atoms with Crippen LogP contribution < -0.4 is 0 Å². The quantitative estimate of drug-likeness (QED) is 0.675. The van der Waals surface area contributed by atoms with Crippen LogP contribution in [0.15, 0.2) is 23.2 Å². The minimum Gasteiger partial charge on any atom is -0.343 e. The maximum atomic E-state index is 13.6. The molecule has 0 N–H and O–H groups in total. The molecule has 0 unspecified atom stereocenters. The van der Waals surface area contributed by atoms with Crippen molar-refractivity contribution in [3.8, 4) is 0 Å². The molecule has 1 aliphatic carbocycles. The largest absolute Gasteiger partial charge is 0.343 e. The molecule has 1 aromatic rings. The molecule has 1 aliphatic heterocycles. The molecular weight excluding hydrogens is 388 g/mol. The molecule has 164 valence electrons. The molecule has 2 aliphatic rings. The number of rotatable bonds is 3. The van der Waals surface area contributed by atoms with Crippen molar-refractivity contribution in [1.29, 1.82) is 0 Å². The summed E-state index contributed by atoms with van der Waals surface area (Å²) in [5.74, 6) is -0.825. The van der Waals surface area contributed by atoms with Gasteiger partial charge in [0.2, 0.25) is 5.91 Å². The number of piperidine rings is 1. The van der Waals surface area contributed by atoms with E-state index in [2.05, 4.69) is 4.99 Å². The van der Waals surface area contributed by atoms with Crippen LogP contribution in [0, 0.1) is 17.6 Å². The monoisotopic (exact) mass is 419 g/mol. The normalized spacial score (nSPS) is 25.5. The van der Waals surface area contributed by atoms with E-state index in [1.165, 1.54) is 12.1 Å². The second-order valence-electron chi connectivity index (χ2n) is 8.97. The number of carbonyl (C=O) groups excluding carboxylic acids is 2. The van der Waals surface area contributed by atoms with E-state index < -0.39 is 11.6 Å². The standard InChI is InChI=1S/C23H31F2N3O2/c1-16(29)28-10-6-21(7-11-28)27(3)22(30)26-15-17-4-8-23(2,9-5-17)18-12-19(24)14-20(25)13-18/h12-15,17,21H,4-11H2,1-3H3/b26-15-. The Kier molecular flexibility index (Phi) is 6.88. The van der Waals surface area contributed by atoms with E-state index >= 15 is 0 Å². The van der Waals surface area contributed by atoms with Crippen molar-refractivity contribution < 1.29 is 18.4 Å². The Morgan fingerprint density at radius 2 is 1.67 bits per heavy atom. The number of amides is 3. The van der Waals surface area contributed by atoms with Crippen LogP contribution in [-0.2, 0) is 10.2 Å².